The smallest absolute Gasteiger partial charge is 0.326 e. The predicted molar refractivity (Wildman–Crippen MR) is 109 cm³/mol. The molecule has 150 valence electrons. The van der Waals surface area contributed by atoms with E-state index in [-0.39, 0.29) is 5.92 Å². The predicted octanol–water partition coefficient (Wildman–Crippen LogP) is 3.60. The number of carboxylic acid groups (broad SMARTS) is 1. The second kappa shape index (κ2) is 9.73. The molecular formula is C19H28BrN3O4. The van der Waals surface area contributed by atoms with Crippen molar-refractivity contribution in [3.63, 3.8) is 0 Å². The molecular weight excluding hydrogens is 414 g/mol. The minimum Gasteiger partial charge on any atom is -0.480 e. The van der Waals surface area contributed by atoms with Crippen LogP contribution in [0.3, 0.4) is 0 Å². The van der Waals surface area contributed by atoms with Gasteiger partial charge in [0, 0.05) is 10.2 Å². The summed E-state index contributed by atoms with van der Waals surface area (Å²) in [6, 6.07) is 4.58. The summed E-state index contributed by atoms with van der Waals surface area (Å²) in [4.78, 5) is 36.5. The van der Waals surface area contributed by atoms with E-state index in [9.17, 15) is 19.5 Å². The van der Waals surface area contributed by atoms with Crippen LogP contribution in [0, 0.1) is 11.3 Å². The van der Waals surface area contributed by atoms with E-state index in [1.807, 2.05) is 13.8 Å². The maximum absolute atomic E-state index is 12.7. The zero-order chi connectivity index (χ0) is 20.8. The molecule has 27 heavy (non-hydrogen) atoms. The third kappa shape index (κ3) is 7.21. The molecule has 0 fully saturated rings. The van der Waals surface area contributed by atoms with Gasteiger partial charge in [-0.15, -0.1) is 0 Å². The zero-order valence-corrected chi connectivity index (χ0v) is 17.9. The van der Waals surface area contributed by atoms with Crippen molar-refractivity contribution in [1.82, 2.24) is 10.6 Å². The molecule has 1 rings (SSSR count). The molecule has 0 saturated carbocycles. The molecule has 8 heteroatoms. The molecule has 7 nitrogen and oxygen atoms in total. The molecule has 0 bridgehead atoms. The Morgan fingerprint density at radius 1 is 1.11 bits per heavy atom. The van der Waals surface area contributed by atoms with E-state index in [0.717, 1.165) is 4.47 Å². The number of amides is 3. The highest BCUT2D eigenvalue weighted by Crippen LogP contribution is 2.20. The van der Waals surface area contributed by atoms with Gasteiger partial charge in [-0.2, -0.15) is 0 Å². The van der Waals surface area contributed by atoms with Gasteiger partial charge < -0.3 is 21.1 Å². The maximum atomic E-state index is 12.7. The van der Waals surface area contributed by atoms with Crippen LogP contribution >= 0.6 is 15.9 Å². The largest absolute Gasteiger partial charge is 0.480 e. The highest BCUT2D eigenvalue weighted by atomic mass is 79.9. The van der Waals surface area contributed by atoms with Crippen molar-refractivity contribution in [2.24, 2.45) is 11.3 Å². The number of carboxylic acids is 1. The first kappa shape index (κ1) is 23.0. The number of hydrogen-bond donors (Lipinski definition) is 4. The summed E-state index contributed by atoms with van der Waals surface area (Å²) < 4.78 is 0.882. The van der Waals surface area contributed by atoms with Crippen LogP contribution < -0.4 is 16.0 Å². The summed E-state index contributed by atoms with van der Waals surface area (Å²) in [6.07, 6.45) is 0.643. The van der Waals surface area contributed by atoms with Crippen LogP contribution in [-0.2, 0) is 9.59 Å². The van der Waals surface area contributed by atoms with Gasteiger partial charge in [0.25, 0.3) is 0 Å². The summed E-state index contributed by atoms with van der Waals surface area (Å²) in [7, 11) is 0. The van der Waals surface area contributed by atoms with E-state index in [4.69, 9.17) is 0 Å². The molecule has 0 spiro atoms. The molecule has 1 aromatic rings. The third-order valence-corrected chi connectivity index (χ3v) is 4.81. The standard InChI is InChI=1S/C19H28BrN3O4/c1-6-11(2)14(16(24)23-15(17(25)26)19(3,4)5)22-18(27)21-13-9-7-12(20)8-10-13/h7-11,14-15H,6H2,1-5H3,(H,23,24)(H,25,26)(H2,21,22,27)/t11-,14-,15?/m1/s1. The highest BCUT2D eigenvalue weighted by Gasteiger charge is 2.36. The van der Waals surface area contributed by atoms with Gasteiger partial charge >= 0.3 is 12.0 Å². The number of anilines is 1. The lowest BCUT2D eigenvalue weighted by atomic mass is 9.86. The fourth-order valence-corrected chi connectivity index (χ4v) is 2.69. The number of hydrogen-bond acceptors (Lipinski definition) is 3. The van der Waals surface area contributed by atoms with Gasteiger partial charge in [0.15, 0.2) is 0 Å². The van der Waals surface area contributed by atoms with Crippen molar-refractivity contribution in [2.45, 2.75) is 53.1 Å². The lowest BCUT2D eigenvalue weighted by Crippen LogP contribution is -2.57. The summed E-state index contributed by atoms with van der Waals surface area (Å²) in [6.45, 7) is 8.93. The van der Waals surface area contributed by atoms with E-state index in [0.29, 0.717) is 12.1 Å². The first-order valence-corrected chi connectivity index (χ1v) is 9.61. The molecule has 0 aliphatic carbocycles. The second-order valence-corrected chi connectivity index (χ2v) is 8.53. The van der Waals surface area contributed by atoms with E-state index < -0.39 is 35.4 Å². The van der Waals surface area contributed by atoms with E-state index >= 15 is 0 Å². The number of nitrogens with one attached hydrogen (secondary N) is 3. The Morgan fingerprint density at radius 2 is 1.67 bits per heavy atom. The number of urea groups is 1. The van der Waals surface area contributed by atoms with Crippen LogP contribution in [0.15, 0.2) is 28.7 Å². The number of benzene rings is 1. The first-order chi connectivity index (χ1) is 12.5. The van der Waals surface area contributed by atoms with Crippen LogP contribution in [-0.4, -0.2) is 35.1 Å². The van der Waals surface area contributed by atoms with Gasteiger partial charge in [-0.05, 0) is 35.6 Å². The molecule has 0 aliphatic heterocycles. The Labute approximate surface area is 168 Å². The van der Waals surface area contributed by atoms with Gasteiger partial charge in [-0.1, -0.05) is 57.0 Å². The van der Waals surface area contributed by atoms with E-state index in [1.165, 1.54) is 0 Å². The van der Waals surface area contributed by atoms with Crippen molar-refractivity contribution in [3.05, 3.63) is 28.7 Å². The molecule has 0 aliphatic rings. The number of carbonyl (C=O) groups excluding carboxylic acids is 2. The minimum atomic E-state index is -1.11. The van der Waals surface area contributed by atoms with Gasteiger partial charge in [0.05, 0.1) is 0 Å². The van der Waals surface area contributed by atoms with Gasteiger partial charge in [0.2, 0.25) is 5.91 Å². The minimum absolute atomic E-state index is 0.171. The fraction of sp³-hybridized carbons (Fsp3) is 0.526. The maximum Gasteiger partial charge on any atom is 0.326 e. The molecule has 1 unspecified atom stereocenters. The van der Waals surface area contributed by atoms with E-state index in [1.54, 1.807) is 45.0 Å². The average molecular weight is 442 g/mol. The Bertz CT molecular complexity index is 671. The molecule has 0 heterocycles. The summed E-state index contributed by atoms with van der Waals surface area (Å²) >= 11 is 3.32. The zero-order valence-electron chi connectivity index (χ0n) is 16.3. The van der Waals surface area contributed by atoms with Gasteiger partial charge in [-0.25, -0.2) is 9.59 Å². The summed E-state index contributed by atoms with van der Waals surface area (Å²) in [5.41, 5.74) is -0.0848. The molecule has 0 aromatic heterocycles. The number of aliphatic carboxylic acids is 1. The average Bonchev–Trinajstić information content (AvgIpc) is 2.57. The Morgan fingerprint density at radius 3 is 2.11 bits per heavy atom. The van der Waals surface area contributed by atoms with Crippen LogP contribution in [0.2, 0.25) is 0 Å². The Kier molecular flexibility index (Phi) is 8.27. The molecule has 0 saturated heterocycles. The lowest BCUT2D eigenvalue weighted by molar-refractivity contribution is -0.145. The normalized spacial score (nSPS) is 14.6. The van der Waals surface area contributed by atoms with E-state index in [2.05, 4.69) is 31.9 Å². The second-order valence-electron chi connectivity index (χ2n) is 7.61. The fourth-order valence-electron chi connectivity index (χ4n) is 2.42. The molecule has 3 atom stereocenters. The van der Waals surface area contributed by atoms with Crippen molar-refractivity contribution in [1.29, 1.82) is 0 Å². The van der Waals surface area contributed by atoms with Crippen LogP contribution in [0.25, 0.3) is 0 Å². The quantitative estimate of drug-likeness (QED) is 0.518. The molecule has 0 radical (unpaired) electrons. The Balaban J connectivity index is 2.87. The Hall–Kier alpha value is -2.09. The van der Waals surface area contributed by atoms with Crippen LogP contribution in [0.5, 0.6) is 0 Å². The van der Waals surface area contributed by atoms with Crippen LogP contribution in [0.4, 0.5) is 10.5 Å². The van der Waals surface area contributed by atoms with Crippen molar-refractivity contribution in [2.75, 3.05) is 5.32 Å². The number of carbonyl (C=O) groups is 3. The lowest BCUT2D eigenvalue weighted by Gasteiger charge is -2.31. The van der Waals surface area contributed by atoms with Crippen molar-refractivity contribution >= 4 is 39.5 Å². The number of halogens is 1. The molecule has 3 amide bonds. The van der Waals surface area contributed by atoms with Gasteiger partial charge in [0.1, 0.15) is 12.1 Å². The van der Waals surface area contributed by atoms with Gasteiger partial charge in [-0.3, -0.25) is 4.79 Å². The third-order valence-electron chi connectivity index (χ3n) is 4.28. The summed E-state index contributed by atoms with van der Waals surface area (Å²) in [5, 5.41) is 17.3. The topological polar surface area (TPSA) is 108 Å². The van der Waals surface area contributed by atoms with Crippen molar-refractivity contribution in [3.8, 4) is 0 Å². The number of rotatable bonds is 7. The molecule has 1 aromatic carbocycles. The monoisotopic (exact) mass is 441 g/mol. The summed E-state index contributed by atoms with van der Waals surface area (Å²) in [5.74, 6) is -1.80. The molecule has 4 N–H and O–H groups in total. The SMILES string of the molecule is CC[C@@H](C)[C@@H](NC(=O)Nc1ccc(Br)cc1)C(=O)NC(C(=O)O)C(C)(C)C. The van der Waals surface area contributed by atoms with Crippen molar-refractivity contribution < 1.29 is 19.5 Å². The first-order valence-electron chi connectivity index (χ1n) is 8.82. The highest BCUT2D eigenvalue weighted by molar-refractivity contribution is 9.10. The van der Waals surface area contributed by atoms with Crippen LogP contribution in [0.1, 0.15) is 41.0 Å².